The van der Waals surface area contributed by atoms with E-state index >= 15 is 0 Å². The summed E-state index contributed by atoms with van der Waals surface area (Å²) in [6, 6.07) is 0. The molecule has 0 aliphatic rings. The van der Waals surface area contributed by atoms with Gasteiger partial charge < -0.3 is 5.73 Å². The van der Waals surface area contributed by atoms with E-state index in [9.17, 15) is 0 Å². The fourth-order valence-electron chi connectivity index (χ4n) is 1.38. The lowest BCUT2D eigenvalue weighted by Gasteiger charge is -2.15. The average molecular weight is 212 g/mol. The molecule has 1 rings (SSSR count). The minimum Gasteiger partial charge on any atom is -0.330 e. The lowest BCUT2D eigenvalue weighted by atomic mass is 9.93. The van der Waals surface area contributed by atoms with E-state index in [-0.39, 0.29) is 0 Å². The average Bonchev–Trinajstić information content (AvgIpc) is 2.28. The van der Waals surface area contributed by atoms with Gasteiger partial charge in [0, 0.05) is 11.3 Å². The van der Waals surface area contributed by atoms with Crippen molar-refractivity contribution in [3.8, 4) is 0 Å². The highest BCUT2D eigenvalue weighted by molar-refractivity contribution is 7.11. The minimum absolute atomic E-state index is 0.324. The summed E-state index contributed by atoms with van der Waals surface area (Å²) in [6.45, 7) is 9.52. The van der Waals surface area contributed by atoms with Gasteiger partial charge in [-0.15, -0.1) is 11.3 Å². The molecule has 1 heterocycles. The Bertz CT molecular complexity index is 297. The van der Waals surface area contributed by atoms with Crippen molar-refractivity contribution in [3.63, 3.8) is 0 Å². The summed E-state index contributed by atoms with van der Waals surface area (Å²) < 4.78 is 0. The van der Waals surface area contributed by atoms with Gasteiger partial charge in [0.1, 0.15) is 0 Å². The van der Waals surface area contributed by atoms with E-state index in [1.165, 1.54) is 15.6 Å². The van der Waals surface area contributed by atoms with Gasteiger partial charge in [-0.2, -0.15) is 0 Å². The molecule has 0 saturated carbocycles. The van der Waals surface area contributed by atoms with Crippen LogP contribution in [0.3, 0.4) is 0 Å². The monoisotopic (exact) mass is 212 g/mol. The third-order valence-corrected chi connectivity index (χ3v) is 3.21. The molecule has 0 aliphatic heterocycles. The van der Waals surface area contributed by atoms with Gasteiger partial charge in [0.05, 0.1) is 10.7 Å². The topological polar surface area (TPSA) is 38.9 Å². The number of nitrogens with two attached hydrogens (primary N) is 1. The van der Waals surface area contributed by atoms with Crippen LogP contribution in [-0.4, -0.2) is 11.5 Å². The quantitative estimate of drug-likeness (QED) is 0.836. The molecular formula is C11H20N2S. The van der Waals surface area contributed by atoms with E-state index < -0.39 is 0 Å². The standard InChI is InChI=1S/C11H20N2S/c1-8-9(5-6-12)14-10(13-8)7-11(2,3)4/h5-7,12H2,1-4H3. The number of rotatable bonds is 3. The van der Waals surface area contributed by atoms with Gasteiger partial charge in [-0.1, -0.05) is 20.8 Å². The van der Waals surface area contributed by atoms with Crippen LogP contribution < -0.4 is 5.73 Å². The fraction of sp³-hybridized carbons (Fsp3) is 0.727. The molecule has 80 valence electrons. The Hall–Kier alpha value is -0.410. The molecule has 0 amide bonds. The summed E-state index contributed by atoms with van der Waals surface area (Å²) >= 11 is 1.82. The third-order valence-electron chi connectivity index (χ3n) is 1.99. The number of hydrogen-bond acceptors (Lipinski definition) is 3. The number of nitrogens with zero attached hydrogens (tertiary/aromatic N) is 1. The zero-order valence-electron chi connectivity index (χ0n) is 9.55. The van der Waals surface area contributed by atoms with E-state index in [1.807, 2.05) is 11.3 Å². The van der Waals surface area contributed by atoms with E-state index in [0.29, 0.717) is 5.41 Å². The van der Waals surface area contributed by atoms with Crippen LogP contribution in [-0.2, 0) is 12.8 Å². The molecule has 0 spiro atoms. The third kappa shape index (κ3) is 3.39. The van der Waals surface area contributed by atoms with Crippen molar-refractivity contribution < 1.29 is 0 Å². The van der Waals surface area contributed by atoms with Crippen LogP contribution in [0, 0.1) is 12.3 Å². The molecular weight excluding hydrogens is 192 g/mol. The Morgan fingerprint density at radius 2 is 2.00 bits per heavy atom. The van der Waals surface area contributed by atoms with Gasteiger partial charge in [0.25, 0.3) is 0 Å². The van der Waals surface area contributed by atoms with Crippen molar-refractivity contribution in [1.29, 1.82) is 0 Å². The maximum absolute atomic E-state index is 5.54. The maximum Gasteiger partial charge on any atom is 0.0936 e. The highest BCUT2D eigenvalue weighted by Crippen LogP contribution is 2.26. The summed E-state index contributed by atoms with van der Waals surface area (Å²) in [6.07, 6.45) is 2.02. The van der Waals surface area contributed by atoms with Crippen LogP contribution in [0.2, 0.25) is 0 Å². The first-order valence-corrected chi connectivity index (χ1v) is 5.89. The van der Waals surface area contributed by atoms with Crippen LogP contribution in [0.15, 0.2) is 0 Å². The molecule has 1 aromatic rings. The van der Waals surface area contributed by atoms with Crippen molar-refractivity contribution in [1.82, 2.24) is 4.98 Å². The van der Waals surface area contributed by atoms with Gasteiger partial charge in [0.15, 0.2) is 0 Å². The predicted molar refractivity (Wildman–Crippen MR) is 62.8 cm³/mol. The van der Waals surface area contributed by atoms with Gasteiger partial charge in [-0.05, 0) is 25.3 Å². The highest BCUT2D eigenvalue weighted by atomic mass is 32.1. The van der Waals surface area contributed by atoms with Gasteiger partial charge >= 0.3 is 0 Å². The van der Waals surface area contributed by atoms with Crippen LogP contribution >= 0.6 is 11.3 Å². The highest BCUT2D eigenvalue weighted by Gasteiger charge is 2.15. The molecule has 14 heavy (non-hydrogen) atoms. The maximum atomic E-state index is 5.54. The van der Waals surface area contributed by atoms with Gasteiger partial charge in [-0.25, -0.2) is 4.98 Å². The van der Waals surface area contributed by atoms with Gasteiger partial charge in [-0.3, -0.25) is 0 Å². The Morgan fingerprint density at radius 1 is 1.36 bits per heavy atom. The Balaban J connectivity index is 2.75. The zero-order chi connectivity index (χ0) is 10.8. The largest absolute Gasteiger partial charge is 0.330 e. The molecule has 0 atom stereocenters. The summed E-state index contributed by atoms with van der Waals surface area (Å²) in [5, 5.41) is 1.25. The van der Waals surface area contributed by atoms with Crippen LogP contribution in [0.1, 0.15) is 36.3 Å². The van der Waals surface area contributed by atoms with Crippen LogP contribution in [0.25, 0.3) is 0 Å². The SMILES string of the molecule is Cc1nc(CC(C)(C)C)sc1CCN. The second kappa shape index (κ2) is 4.41. The first kappa shape index (κ1) is 11.7. The van der Waals surface area contributed by atoms with Crippen molar-refractivity contribution in [3.05, 3.63) is 15.6 Å². The summed E-state index contributed by atoms with van der Waals surface area (Å²) in [7, 11) is 0. The number of aromatic nitrogens is 1. The van der Waals surface area contributed by atoms with Crippen molar-refractivity contribution >= 4 is 11.3 Å². The predicted octanol–water partition coefficient (Wildman–Crippen LogP) is 2.54. The molecule has 0 radical (unpaired) electrons. The normalized spacial score (nSPS) is 12.1. The summed E-state index contributed by atoms with van der Waals surface area (Å²) in [4.78, 5) is 5.93. The lowest BCUT2D eigenvalue weighted by molar-refractivity contribution is 0.410. The molecule has 1 aromatic heterocycles. The van der Waals surface area contributed by atoms with E-state index in [0.717, 1.165) is 19.4 Å². The van der Waals surface area contributed by atoms with Gasteiger partial charge in [0.2, 0.25) is 0 Å². The molecule has 2 N–H and O–H groups in total. The Labute approximate surface area is 90.6 Å². The fourth-order valence-corrected chi connectivity index (χ4v) is 2.77. The molecule has 3 heteroatoms. The second-order valence-corrected chi connectivity index (χ2v) is 6.06. The molecule has 0 saturated heterocycles. The Morgan fingerprint density at radius 3 is 2.50 bits per heavy atom. The molecule has 2 nitrogen and oxygen atoms in total. The molecule has 0 aromatic carbocycles. The van der Waals surface area contributed by atoms with Crippen LogP contribution in [0.5, 0.6) is 0 Å². The number of thiazole rings is 1. The lowest BCUT2D eigenvalue weighted by Crippen LogP contribution is -2.08. The number of aryl methyl sites for hydroxylation is 1. The smallest absolute Gasteiger partial charge is 0.0936 e. The van der Waals surface area contributed by atoms with Crippen LogP contribution in [0.4, 0.5) is 0 Å². The zero-order valence-corrected chi connectivity index (χ0v) is 10.4. The summed E-state index contributed by atoms with van der Waals surface area (Å²) in [5.41, 5.74) is 7.03. The first-order chi connectivity index (χ1) is 6.42. The van der Waals surface area contributed by atoms with E-state index in [4.69, 9.17) is 5.73 Å². The van der Waals surface area contributed by atoms with Crippen molar-refractivity contribution in [2.45, 2.75) is 40.5 Å². The van der Waals surface area contributed by atoms with Crippen molar-refractivity contribution in [2.75, 3.05) is 6.54 Å². The van der Waals surface area contributed by atoms with E-state index in [1.54, 1.807) is 0 Å². The molecule has 0 unspecified atom stereocenters. The van der Waals surface area contributed by atoms with Crippen molar-refractivity contribution in [2.24, 2.45) is 11.1 Å². The summed E-state index contributed by atoms with van der Waals surface area (Å²) in [5.74, 6) is 0. The molecule has 0 aliphatic carbocycles. The molecule has 0 fully saturated rings. The first-order valence-electron chi connectivity index (χ1n) is 5.07. The molecule has 0 bridgehead atoms. The Kier molecular flexibility index (Phi) is 3.67. The minimum atomic E-state index is 0.324. The van der Waals surface area contributed by atoms with E-state index in [2.05, 4.69) is 32.7 Å². The number of hydrogen-bond donors (Lipinski definition) is 1. The second-order valence-electron chi connectivity index (χ2n) is 4.89.